The Morgan fingerprint density at radius 1 is 0.923 bits per heavy atom. The van der Waals surface area contributed by atoms with Gasteiger partial charge in [-0.05, 0) is 59.7 Å². The van der Waals surface area contributed by atoms with Gasteiger partial charge in [0.15, 0.2) is 0 Å². The van der Waals surface area contributed by atoms with E-state index in [0.717, 1.165) is 18.2 Å². The third-order valence-electron chi connectivity index (χ3n) is 7.83. The minimum absolute atomic E-state index is 0.129. The fourth-order valence-corrected chi connectivity index (χ4v) is 6.30. The molecule has 2 fully saturated rings. The van der Waals surface area contributed by atoms with Gasteiger partial charge in [0.2, 0.25) is 11.8 Å². The minimum Gasteiger partial charge on any atom is -0.490 e. The van der Waals surface area contributed by atoms with Gasteiger partial charge in [0.25, 0.3) is 0 Å². The Hall–Kier alpha value is -3.56. The first kappa shape index (κ1) is 25.7. The summed E-state index contributed by atoms with van der Waals surface area (Å²) < 4.78 is 56.3. The number of piperidine rings is 1. The van der Waals surface area contributed by atoms with Crippen LogP contribution >= 0.6 is 11.6 Å². The van der Waals surface area contributed by atoms with Crippen LogP contribution in [0.4, 0.5) is 18.9 Å². The summed E-state index contributed by atoms with van der Waals surface area (Å²) in [5.41, 5.74) is -0.787. The van der Waals surface area contributed by atoms with Crippen molar-refractivity contribution in [1.29, 1.82) is 0 Å². The molecule has 3 aliphatic rings. The van der Waals surface area contributed by atoms with Gasteiger partial charge in [0.05, 0.1) is 19.3 Å². The fraction of sp³-hybridized carbons (Fsp3) is 0.310. The number of fused-ring (bicyclic) bond motifs is 2. The molecular formula is C29H24ClF3N2O4. The van der Waals surface area contributed by atoms with Crippen LogP contribution in [0, 0.1) is 17.5 Å². The number of halogens is 4. The molecule has 0 saturated carbocycles. The Bertz CT molecular complexity index is 1480. The summed E-state index contributed by atoms with van der Waals surface area (Å²) in [5.74, 6) is -3.99. The van der Waals surface area contributed by atoms with E-state index in [9.17, 15) is 18.4 Å². The van der Waals surface area contributed by atoms with Crippen LogP contribution in [0.2, 0.25) is 5.02 Å². The van der Waals surface area contributed by atoms with Crippen LogP contribution in [0.3, 0.4) is 0 Å². The number of hydrogen-bond acceptors (Lipinski definition) is 4. The van der Waals surface area contributed by atoms with E-state index in [1.54, 1.807) is 18.2 Å². The highest BCUT2D eigenvalue weighted by Gasteiger charge is 2.62. The van der Waals surface area contributed by atoms with E-state index >= 15 is 4.39 Å². The van der Waals surface area contributed by atoms with Crippen molar-refractivity contribution >= 4 is 29.1 Å². The number of amides is 2. The van der Waals surface area contributed by atoms with Gasteiger partial charge in [-0.1, -0.05) is 17.7 Å². The van der Waals surface area contributed by atoms with Crippen molar-refractivity contribution < 1.29 is 32.2 Å². The monoisotopic (exact) mass is 556 g/mol. The van der Waals surface area contributed by atoms with Gasteiger partial charge < -0.3 is 20.1 Å². The number of carbonyl (C=O) groups is 2. The van der Waals surface area contributed by atoms with E-state index < -0.39 is 46.6 Å². The molecule has 3 atom stereocenters. The summed E-state index contributed by atoms with van der Waals surface area (Å²) in [4.78, 5) is 27.3. The van der Waals surface area contributed by atoms with E-state index in [4.69, 9.17) is 21.1 Å². The van der Waals surface area contributed by atoms with Crippen LogP contribution in [0.1, 0.15) is 47.9 Å². The smallest absolute Gasteiger partial charge is 0.238 e. The molecule has 39 heavy (non-hydrogen) atoms. The molecule has 0 aromatic heterocycles. The van der Waals surface area contributed by atoms with Crippen LogP contribution in [0.5, 0.6) is 5.75 Å². The summed E-state index contributed by atoms with van der Waals surface area (Å²) >= 11 is 6.22. The van der Waals surface area contributed by atoms with Crippen LogP contribution < -0.4 is 15.4 Å². The predicted octanol–water partition coefficient (Wildman–Crippen LogP) is 5.55. The van der Waals surface area contributed by atoms with Crippen molar-refractivity contribution in [3.63, 3.8) is 0 Å². The van der Waals surface area contributed by atoms with Crippen LogP contribution in [0.25, 0.3) is 0 Å². The number of anilines is 1. The van der Waals surface area contributed by atoms with Gasteiger partial charge in [0.1, 0.15) is 34.7 Å². The number of rotatable bonds is 4. The van der Waals surface area contributed by atoms with Gasteiger partial charge >= 0.3 is 0 Å². The van der Waals surface area contributed by atoms with Crippen molar-refractivity contribution in [2.45, 2.75) is 42.7 Å². The molecule has 0 aliphatic carbocycles. The quantitative estimate of drug-likeness (QED) is 0.442. The van der Waals surface area contributed by atoms with Crippen molar-refractivity contribution in [3.05, 3.63) is 93.8 Å². The Labute approximate surface area is 227 Å². The lowest BCUT2D eigenvalue weighted by atomic mass is 9.59. The third-order valence-corrected chi connectivity index (χ3v) is 8.06. The maximum atomic E-state index is 15.3. The lowest BCUT2D eigenvalue weighted by Crippen LogP contribution is -2.57. The lowest BCUT2D eigenvalue weighted by molar-refractivity contribution is -0.131. The Morgan fingerprint density at radius 3 is 2.41 bits per heavy atom. The Morgan fingerprint density at radius 2 is 1.64 bits per heavy atom. The number of carbonyl (C=O) groups excluding carboxylic acids is 2. The van der Waals surface area contributed by atoms with Crippen molar-refractivity contribution in [2.24, 2.45) is 0 Å². The maximum absolute atomic E-state index is 15.3. The van der Waals surface area contributed by atoms with Crippen molar-refractivity contribution in [3.8, 4) is 5.75 Å². The van der Waals surface area contributed by atoms with Gasteiger partial charge in [-0.15, -0.1) is 0 Å². The van der Waals surface area contributed by atoms with Gasteiger partial charge in [-0.3, -0.25) is 9.59 Å². The summed E-state index contributed by atoms with van der Waals surface area (Å²) in [5, 5.41) is 6.04. The maximum Gasteiger partial charge on any atom is 0.238 e. The first-order chi connectivity index (χ1) is 18.8. The number of benzene rings is 3. The molecule has 1 spiro atoms. The molecule has 6 rings (SSSR count). The topological polar surface area (TPSA) is 76.7 Å². The third kappa shape index (κ3) is 4.33. The summed E-state index contributed by atoms with van der Waals surface area (Å²) in [6.07, 6.45) is 0.686. The first-order valence-corrected chi connectivity index (χ1v) is 13.0. The highest BCUT2D eigenvalue weighted by atomic mass is 35.5. The molecule has 2 amide bonds. The average molecular weight is 557 g/mol. The zero-order valence-corrected chi connectivity index (χ0v) is 21.4. The lowest BCUT2D eigenvalue weighted by Gasteiger charge is -2.46. The van der Waals surface area contributed by atoms with E-state index in [-0.39, 0.29) is 29.4 Å². The number of hydrogen-bond donors (Lipinski definition) is 2. The molecule has 202 valence electrons. The molecule has 3 aromatic rings. The number of nitrogens with one attached hydrogen (secondary N) is 2. The molecule has 3 aliphatic heterocycles. The molecule has 3 heterocycles. The zero-order chi connectivity index (χ0) is 27.3. The second-order valence-electron chi connectivity index (χ2n) is 10.0. The zero-order valence-electron chi connectivity index (χ0n) is 20.6. The SMILES string of the molecule is O=C1CC(c2cc(F)ccc2F)C2(C(=O)Nc3cc(Cl)ccc32)C(c2cc(F)ccc2OC2CCOCC2)N1. The number of ether oxygens (including phenoxy) is 2. The minimum atomic E-state index is -1.68. The van der Waals surface area contributed by atoms with E-state index in [1.165, 1.54) is 18.2 Å². The van der Waals surface area contributed by atoms with Gasteiger partial charge in [0, 0.05) is 41.5 Å². The largest absolute Gasteiger partial charge is 0.490 e. The van der Waals surface area contributed by atoms with E-state index in [2.05, 4.69) is 10.6 Å². The molecule has 2 saturated heterocycles. The van der Waals surface area contributed by atoms with Crippen LogP contribution in [0.15, 0.2) is 54.6 Å². The van der Waals surface area contributed by atoms with Crippen LogP contribution in [-0.4, -0.2) is 31.1 Å². The molecule has 3 unspecified atom stereocenters. The predicted molar refractivity (Wildman–Crippen MR) is 137 cm³/mol. The van der Waals surface area contributed by atoms with Gasteiger partial charge in [-0.2, -0.15) is 0 Å². The molecule has 6 nitrogen and oxygen atoms in total. The van der Waals surface area contributed by atoms with Crippen molar-refractivity contribution in [1.82, 2.24) is 5.32 Å². The highest BCUT2D eigenvalue weighted by molar-refractivity contribution is 6.31. The second kappa shape index (κ2) is 9.88. The first-order valence-electron chi connectivity index (χ1n) is 12.7. The second-order valence-corrected chi connectivity index (χ2v) is 10.5. The van der Waals surface area contributed by atoms with E-state index in [1.807, 2.05) is 0 Å². The van der Waals surface area contributed by atoms with Gasteiger partial charge in [-0.25, -0.2) is 13.2 Å². The summed E-state index contributed by atoms with van der Waals surface area (Å²) in [6.45, 7) is 1.01. The molecule has 10 heteroatoms. The molecular weight excluding hydrogens is 533 g/mol. The van der Waals surface area contributed by atoms with Crippen molar-refractivity contribution in [2.75, 3.05) is 18.5 Å². The molecule has 2 N–H and O–H groups in total. The van der Waals surface area contributed by atoms with E-state index in [0.29, 0.717) is 42.3 Å². The molecule has 3 aromatic carbocycles. The summed E-state index contributed by atoms with van der Waals surface area (Å²) in [7, 11) is 0. The van der Waals surface area contributed by atoms with Crippen LogP contribution in [-0.2, 0) is 19.7 Å². The Balaban J connectivity index is 1.59. The highest BCUT2D eigenvalue weighted by Crippen LogP contribution is 2.58. The summed E-state index contributed by atoms with van der Waals surface area (Å²) in [6, 6.07) is 10.4. The Kier molecular flexibility index (Phi) is 6.51. The molecule has 0 bridgehead atoms. The normalized spacial score (nSPS) is 24.8. The fourth-order valence-electron chi connectivity index (χ4n) is 6.13. The molecule has 0 radical (unpaired) electrons. The average Bonchev–Trinajstić information content (AvgIpc) is 3.19. The standard InChI is InChI=1S/C29H24ClF3N2O4/c30-15-1-4-21-24(11-15)34-28(37)29(21)22(19-12-16(31)2-5-23(19)33)14-26(36)35-27(29)20-13-17(32)3-6-25(20)39-18-7-9-38-10-8-18/h1-6,11-13,18,22,27H,7-10,14H2,(H,34,37)(H,35,36).